The summed E-state index contributed by atoms with van der Waals surface area (Å²) in [4.78, 5) is 19.1. The van der Waals surface area contributed by atoms with Gasteiger partial charge >= 0.3 is 12.1 Å². The standard InChI is InChI=1S/C4H5NO2.C2HF3O2/c6-4-3-7-2-1-5-4;3-2(4,5)1(6)7/h1-2H,3H2,(H,5,6);(H,6,7). The predicted octanol–water partition coefficient (Wildman–Crippen LogP) is 0.237. The molecule has 80 valence electrons. The van der Waals surface area contributed by atoms with Gasteiger partial charge < -0.3 is 15.2 Å². The topological polar surface area (TPSA) is 75.6 Å². The zero-order chi connectivity index (χ0) is 11.2. The molecule has 0 bridgehead atoms. The van der Waals surface area contributed by atoms with Crippen molar-refractivity contribution in [3.8, 4) is 0 Å². The Kier molecular flexibility index (Phi) is 4.47. The molecule has 0 aromatic heterocycles. The number of carbonyl (C=O) groups is 2. The van der Waals surface area contributed by atoms with Gasteiger partial charge in [0.25, 0.3) is 5.91 Å². The third kappa shape index (κ3) is 5.86. The quantitative estimate of drug-likeness (QED) is 0.604. The highest BCUT2D eigenvalue weighted by Crippen LogP contribution is 2.13. The van der Waals surface area contributed by atoms with Crippen molar-refractivity contribution in [1.82, 2.24) is 5.32 Å². The van der Waals surface area contributed by atoms with Gasteiger partial charge in [-0.2, -0.15) is 13.2 Å². The molecule has 1 aliphatic heterocycles. The van der Waals surface area contributed by atoms with E-state index in [0.29, 0.717) is 0 Å². The van der Waals surface area contributed by atoms with E-state index in [2.05, 4.69) is 10.1 Å². The number of nitrogens with one attached hydrogen (secondary N) is 1. The molecule has 1 amide bonds. The summed E-state index contributed by atoms with van der Waals surface area (Å²) in [6.45, 7) is 0.149. The molecule has 14 heavy (non-hydrogen) atoms. The Hall–Kier alpha value is -1.73. The van der Waals surface area contributed by atoms with E-state index in [9.17, 15) is 18.0 Å². The maximum Gasteiger partial charge on any atom is 0.490 e. The smallest absolute Gasteiger partial charge is 0.490 e. The monoisotopic (exact) mass is 213 g/mol. The second-order valence-electron chi connectivity index (χ2n) is 1.98. The van der Waals surface area contributed by atoms with E-state index < -0.39 is 12.1 Å². The van der Waals surface area contributed by atoms with Crippen LogP contribution in [-0.2, 0) is 14.3 Å². The third-order valence-electron chi connectivity index (χ3n) is 0.866. The van der Waals surface area contributed by atoms with E-state index in [-0.39, 0.29) is 12.5 Å². The lowest BCUT2D eigenvalue weighted by molar-refractivity contribution is -0.192. The maximum atomic E-state index is 10.6. The van der Waals surface area contributed by atoms with Crippen molar-refractivity contribution in [3.05, 3.63) is 12.5 Å². The summed E-state index contributed by atoms with van der Waals surface area (Å²) in [6.07, 6.45) is -2.17. The van der Waals surface area contributed by atoms with Crippen LogP contribution < -0.4 is 5.32 Å². The molecular weight excluding hydrogens is 207 g/mol. The van der Waals surface area contributed by atoms with Crippen LogP contribution in [-0.4, -0.2) is 29.8 Å². The molecule has 0 atom stereocenters. The summed E-state index contributed by atoms with van der Waals surface area (Å²) in [6, 6.07) is 0. The Morgan fingerprint density at radius 1 is 1.57 bits per heavy atom. The van der Waals surface area contributed by atoms with Gasteiger partial charge in [-0.1, -0.05) is 0 Å². The number of ether oxygens (including phenoxy) is 1. The minimum Gasteiger partial charge on any atom is -0.490 e. The Bertz CT molecular complexity index is 248. The summed E-state index contributed by atoms with van der Waals surface area (Å²) in [5.74, 6) is -2.85. The Morgan fingerprint density at radius 3 is 2.21 bits per heavy atom. The van der Waals surface area contributed by atoms with Gasteiger partial charge in [-0.15, -0.1) is 0 Å². The van der Waals surface area contributed by atoms with Crippen LogP contribution >= 0.6 is 0 Å². The first kappa shape index (κ1) is 12.3. The minimum absolute atomic E-state index is 0.0949. The molecule has 0 saturated heterocycles. The molecule has 0 saturated carbocycles. The number of hydrogen-bond donors (Lipinski definition) is 2. The van der Waals surface area contributed by atoms with E-state index >= 15 is 0 Å². The van der Waals surface area contributed by atoms with E-state index in [4.69, 9.17) is 9.90 Å². The highest BCUT2D eigenvalue weighted by Gasteiger charge is 2.38. The van der Waals surface area contributed by atoms with E-state index in [1.807, 2.05) is 0 Å². The van der Waals surface area contributed by atoms with Crippen LogP contribution in [0.3, 0.4) is 0 Å². The van der Waals surface area contributed by atoms with Gasteiger partial charge in [0.05, 0.1) is 6.26 Å². The SMILES string of the molecule is O=C(O)C(F)(F)F.O=C1COC=CN1. The van der Waals surface area contributed by atoms with Crippen LogP contribution in [0.5, 0.6) is 0 Å². The molecule has 0 fully saturated rings. The Labute approximate surface area is 76.2 Å². The van der Waals surface area contributed by atoms with Gasteiger partial charge in [-0.05, 0) is 0 Å². The normalized spacial score (nSPS) is 14.6. The molecule has 8 heteroatoms. The number of amides is 1. The predicted molar refractivity (Wildman–Crippen MR) is 36.9 cm³/mol. The average molecular weight is 213 g/mol. The van der Waals surface area contributed by atoms with Crippen molar-refractivity contribution in [2.45, 2.75) is 6.18 Å². The molecule has 1 aliphatic rings. The van der Waals surface area contributed by atoms with Crippen LogP contribution in [0.2, 0.25) is 0 Å². The fourth-order valence-corrected chi connectivity index (χ4v) is 0.341. The zero-order valence-corrected chi connectivity index (χ0v) is 6.67. The van der Waals surface area contributed by atoms with Gasteiger partial charge in [0.1, 0.15) is 0 Å². The van der Waals surface area contributed by atoms with Crippen LogP contribution in [0.15, 0.2) is 12.5 Å². The molecule has 1 heterocycles. The Balaban J connectivity index is 0.000000241. The first-order chi connectivity index (χ1) is 6.34. The van der Waals surface area contributed by atoms with Gasteiger partial charge in [0.2, 0.25) is 0 Å². The average Bonchev–Trinajstić information content (AvgIpc) is 2.04. The molecule has 0 aromatic carbocycles. The Morgan fingerprint density at radius 2 is 2.07 bits per heavy atom. The number of carboxylic acid groups (broad SMARTS) is 1. The molecule has 0 aliphatic carbocycles. The molecule has 5 nitrogen and oxygen atoms in total. The van der Waals surface area contributed by atoms with Gasteiger partial charge in [-0.3, -0.25) is 4.79 Å². The largest absolute Gasteiger partial charge is 0.490 e. The zero-order valence-electron chi connectivity index (χ0n) is 6.67. The lowest BCUT2D eigenvalue weighted by Crippen LogP contribution is -2.24. The number of hydrogen-bond acceptors (Lipinski definition) is 3. The fraction of sp³-hybridized carbons (Fsp3) is 0.333. The number of carboxylic acids is 1. The highest BCUT2D eigenvalue weighted by molar-refractivity contribution is 5.78. The van der Waals surface area contributed by atoms with E-state index in [1.54, 1.807) is 0 Å². The second kappa shape index (κ2) is 5.10. The van der Waals surface area contributed by atoms with Crippen LogP contribution in [0.4, 0.5) is 13.2 Å². The minimum atomic E-state index is -5.08. The second-order valence-corrected chi connectivity index (χ2v) is 1.98. The maximum absolute atomic E-state index is 10.6. The summed E-state index contributed by atoms with van der Waals surface area (Å²) >= 11 is 0. The molecular formula is C6H6F3NO4. The third-order valence-corrected chi connectivity index (χ3v) is 0.866. The molecule has 0 aromatic rings. The number of rotatable bonds is 0. The summed E-state index contributed by atoms with van der Waals surface area (Å²) in [5.41, 5.74) is 0. The van der Waals surface area contributed by atoms with Crippen molar-refractivity contribution in [2.75, 3.05) is 6.61 Å². The van der Waals surface area contributed by atoms with Gasteiger partial charge in [0, 0.05) is 6.20 Å². The highest BCUT2D eigenvalue weighted by atomic mass is 19.4. The van der Waals surface area contributed by atoms with E-state index in [1.165, 1.54) is 12.5 Å². The van der Waals surface area contributed by atoms with Crippen LogP contribution in [0.1, 0.15) is 0 Å². The molecule has 1 rings (SSSR count). The number of carbonyl (C=O) groups excluding carboxylic acids is 1. The molecule has 0 unspecified atom stereocenters. The summed E-state index contributed by atoms with van der Waals surface area (Å²) in [7, 11) is 0. The number of aliphatic carboxylic acids is 1. The van der Waals surface area contributed by atoms with Crippen LogP contribution in [0.25, 0.3) is 0 Å². The van der Waals surface area contributed by atoms with Crippen molar-refractivity contribution >= 4 is 11.9 Å². The summed E-state index contributed by atoms with van der Waals surface area (Å²) < 4.78 is 36.3. The van der Waals surface area contributed by atoms with E-state index in [0.717, 1.165) is 0 Å². The van der Waals surface area contributed by atoms with Crippen molar-refractivity contribution in [3.63, 3.8) is 0 Å². The van der Waals surface area contributed by atoms with Crippen molar-refractivity contribution in [2.24, 2.45) is 0 Å². The first-order valence-corrected chi connectivity index (χ1v) is 3.20. The molecule has 0 spiro atoms. The lowest BCUT2D eigenvalue weighted by Gasteiger charge is -2.03. The van der Waals surface area contributed by atoms with Gasteiger partial charge in [-0.25, -0.2) is 4.79 Å². The van der Waals surface area contributed by atoms with Crippen molar-refractivity contribution < 1.29 is 32.6 Å². The number of alkyl halides is 3. The molecule has 2 N–H and O–H groups in total. The fourth-order valence-electron chi connectivity index (χ4n) is 0.341. The number of halogens is 3. The van der Waals surface area contributed by atoms with Gasteiger partial charge in [0.15, 0.2) is 6.61 Å². The van der Waals surface area contributed by atoms with Crippen LogP contribution in [0, 0.1) is 0 Å². The lowest BCUT2D eigenvalue weighted by atomic mass is 10.6. The van der Waals surface area contributed by atoms with Crippen molar-refractivity contribution in [1.29, 1.82) is 0 Å². The first-order valence-electron chi connectivity index (χ1n) is 3.20. The molecule has 0 radical (unpaired) electrons. The summed E-state index contributed by atoms with van der Waals surface area (Å²) in [5, 5.41) is 9.56.